The monoisotopic (exact) mass is 293 g/mol. The van der Waals surface area contributed by atoms with E-state index in [-0.39, 0.29) is 0 Å². The van der Waals surface area contributed by atoms with Crippen molar-refractivity contribution in [1.82, 2.24) is 9.97 Å². The first-order valence-electron chi connectivity index (χ1n) is 6.71. The highest BCUT2D eigenvalue weighted by Crippen LogP contribution is 2.35. The molecule has 0 fully saturated rings. The Balaban J connectivity index is 2.67. The number of carboxylic acids is 1. The zero-order valence-electron chi connectivity index (χ0n) is 12.2. The molecule has 0 radical (unpaired) electrons. The fraction of sp³-hybridized carbons (Fsp3) is 0.500. The van der Waals surface area contributed by atoms with Crippen LogP contribution in [0, 0.1) is 6.92 Å². The predicted molar refractivity (Wildman–Crippen MR) is 81.9 cm³/mol. The summed E-state index contributed by atoms with van der Waals surface area (Å²) in [5.74, 6) is -0.0591. The van der Waals surface area contributed by atoms with Crippen LogP contribution in [0.2, 0.25) is 0 Å². The van der Waals surface area contributed by atoms with Crippen LogP contribution in [0.15, 0.2) is 6.33 Å². The standard InChI is InChI=1S/C14H19N3O2S/c1-5-6-17(8(2)3)12-10-9(4)11(14(18)19)20-13(10)16-7-15-12/h7-8H,5-6H2,1-4H3,(H,18,19). The second-order valence-corrected chi connectivity index (χ2v) is 6.02. The minimum atomic E-state index is -0.900. The lowest BCUT2D eigenvalue weighted by Gasteiger charge is -2.28. The van der Waals surface area contributed by atoms with Crippen molar-refractivity contribution in [1.29, 1.82) is 0 Å². The van der Waals surface area contributed by atoms with Crippen LogP contribution in [0.5, 0.6) is 0 Å². The average molecular weight is 293 g/mol. The lowest BCUT2D eigenvalue weighted by molar-refractivity contribution is 0.0701. The highest BCUT2D eigenvalue weighted by atomic mass is 32.1. The molecule has 0 amide bonds. The van der Waals surface area contributed by atoms with Crippen molar-refractivity contribution in [2.45, 2.75) is 40.2 Å². The summed E-state index contributed by atoms with van der Waals surface area (Å²) in [4.78, 5) is 23.2. The third-order valence-corrected chi connectivity index (χ3v) is 4.45. The maximum absolute atomic E-state index is 11.3. The largest absolute Gasteiger partial charge is 0.477 e. The average Bonchev–Trinajstić information content (AvgIpc) is 2.73. The number of aryl methyl sites for hydroxylation is 1. The van der Waals surface area contributed by atoms with Gasteiger partial charge in [0.05, 0.1) is 5.39 Å². The van der Waals surface area contributed by atoms with Crippen LogP contribution in [0.3, 0.4) is 0 Å². The van der Waals surface area contributed by atoms with Gasteiger partial charge in [-0.05, 0) is 32.8 Å². The second-order valence-electron chi connectivity index (χ2n) is 5.03. The fourth-order valence-electron chi connectivity index (χ4n) is 2.32. The van der Waals surface area contributed by atoms with Crippen LogP contribution in [0.25, 0.3) is 10.2 Å². The Morgan fingerprint density at radius 1 is 1.45 bits per heavy atom. The van der Waals surface area contributed by atoms with E-state index in [4.69, 9.17) is 0 Å². The van der Waals surface area contributed by atoms with Crippen LogP contribution < -0.4 is 4.90 Å². The van der Waals surface area contributed by atoms with E-state index >= 15 is 0 Å². The van der Waals surface area contributed by atoms with E-state index in [0.29, 0.717) is 10.9 Å². The van der Waals surface area contributed by atoms with Crippen molar-refractivity contribution < 1.29 is 9.90 Å². The maximum Gasteiger partial charge on any atom is 0.346 e. The summed E-state index contributed by atoms with van der Waals surface area (Å²) in [6.45, 7) is 9.07. The van der Waals surface area contributed by atoms with Gasteiger partial charge in [-0.25, -0.2) is 14.8 Å². The van der Waals surface area contributed by atoms with E-state index < -0.39 is 5.97 Å². The van der Waals surface area contributed by atoms with Crippen molar-refractivity contribution in [2.24, 2.45) is 0 Å². The van der Waals surface area contributed by atoms with E-state index in [0.717, 1.165) is 34.6 Å². The smallest absolute Gasteiger partial charge is 0.346 e. The fourth-order valence-corrected chi connectivity index (χ4v) is 3.31. The third-order valence-electron chi connectivity index (χ3n) is 3.26. The summed E-state index contributed by atoms with van der Waals surface area (Å²) in [6.07, 6.45) is 2.53. The van der Waals surface area contributed by atoms with Gasteiger partial charge in [0, 0.05) is 12.6 Å². The molecular weight excluding hydrogens is 274 g/mol. The lowest BCUT2D eigenvalue weighted by atomic mass is 10.1. The number of hydrogen-bond donors (Lipinski definition) is 1. The molecule has 20 heavy (non-hydrogen) atoms. The zero-order valence-corrected chi connectivity index (χ0v) is 13.0. The lowest BCUT2D eigenvalue weighted by Crippen LogP contribution is -2.32. The van der Waals surface area contributed by atoms with Gasteiger partial charge in [-0.2, -0.15) is 0 Å². The van der Waals surface area contributed by atoms with Gasteiger partial charge in [-0.15, -0.1) is 11.3 Å². The first kappa shape index (κ1) is 14.7. The molecule has 0 aliphatic rings. The summed E-state index contributed by atoms with van der Waals surface area (Å²) < 4.78 is 0. The molecular formula is C14H19N3O2S. The van der Waals surface area contributed by atoms with Gasteiger partial charge >= 0.3 is 5.97 Å². The van der Waals surface area contributed by atoms with Crippen molar-refractivity contribution in [2.75, 3.05) is 11.4 Å². The molecule has 2 heterocycles. The molecule has 2 aromatic rings. The number of thiophene rings is 1. The molecule has 0 bridgehead atoms. The Labute approximate surface area is 122 Å². The van der Waals surface area contributed by atoms with Gasteiger partial charge < -0.3 is 10.0 Å². The minimum absolute atomic E-state index is 0.306. The summed E-state index contributed by atoms with van der Waals surface area (Å²) in [5.41, 5.74) is 0.759. The van der Waals surface area contributed by atoms with Gasteiger partial charge in [-0.3, -0.25) is 0 Å². The molecule has 2 aromatic heterocycles. The van der Waals surface area contributed by atoms with Crippen molar-refractivity contribution >= 4 is 33.3 Å². The van der Waals surface area contributed by atoms with Crippen LogP contribution in [-0.2, 0) is 0 Å². The van der Waals surface area contributed by atoms with Crippen molar-refractivity contribution in [3.05, 3.63) is 16.8 Å². The zero-order chi connectivity index (χ0) is 14.9. The molecule has 108 valence electrons. The predicted octanol–water partition coefficient (Wildman–Crippen LogP) is 3.32. The number of nitrogens with zero attached hydrogens (tertiary/aromatic N) is 3. The van der Waals surface area contributed by atoms with Gasteiger partial charge in [0.15, 0.2) is 0 Å². The van der Waals surface area contributed by atoms with Crippen LogP contribution >= 0.6 is 11.3 Å². The SMILES string of the molecule is CCCN(c1ncnc2sc(C(=O)O)c(C)c12)C(C)C. The summed E-state index contributed by atoms with van der Waals surface area (Å²) in [7, 11) is 0. The van der Waals surface area contributed by atoms with Crippen LogP contribution in [-0.4, -0.2) is 33.6 Å². The van der Waals surface area contributed by atoms with E-state index in [9.17, 15) is 9.90 Å². The number of aromatic carboxylic acids is 1. The highest BCUT2D eigenvalue weighted by Gasteiger charge is 2.22. The number of fused-ring (bicyclic) bond motifs is 1. The van der Waals surface area contributed by atoms with E-state index in [1.807, 2.05) is 6.92 Å². The molecule has 0 saturated heterocycles. The minimum Gasteiger partial charge on any atom is -0.477 e. The Morgan fingerprint density at radius 2 is 2.15 bits per heavy atom. The molecule has 0 aromatic carbocycles. The topological polar surface area (TPSA) is 66.3 Å². The third kappa shape index (κ3) is 2.47. The quantitative estimate of drug-likeness (QED) is 0.916. The number of carboxylic acid groups (broad SMARTS) is 1. The molecule has 0 saturated carbocycles. The molecule has 0 atom stereocenters. The molecule has 0 aliphatic heterocycles. The second kappa shape index (κ2) is 5.75. The summed E-state index contributed by atoms with van der Waals surface area (Å²) in [5, 5.41) is 10.1. The molecule has 0 unspecified atom stereocenters. The number of carbonyl (C=O) groups is 1. The first-order valence-corrected chi connectivity index (χ1v) is 7.53. The number of anilines is 1. The first-order chi connectivity index (χ1) is 9.47. The number of rotatable bonds is 5. The Hall–Kier alpha value is -1.69. The molecule has 5 nitrogen and oxygen atoms in total. The van der Waals surface area contributed by atoms with Crippen LogP contribution in [0.4, 0.5) is 5.82 Å². The van der Waals surface area contributed by atoms with Gasteiger partial charge in [-0.1, -0.05) is 6.92 Å². The van der Waals surface area contributed by atoms with E-state index in [1.165, 1.54) is 17.7 Å². The molecule has 0 spiro atoms. The van der Waals surface area contributed by atoms with Crippen LogP contribution in [0.1, 0.15) is 42.4 Å². The van der Waals surface area contributed by atoms with E-state index in [2.05, 4.69) is 35.6 Å². The Kier molecular flexibility index (Phi) is 4.23. The highest BCUT2D eigenvalue weighted by molar-refractivity contribution is 7.20. The normalized spacial score (nSPS) is 11.2. The Morgan fingerprint density at radius 3 is 2.70 bits per heavy atom. The van der Waals surface area contributed by atoms with Crippen molar-refractivity contribution in [3.8, 4) is 0 Å². The summed E-state index contributed by atoms with van der Waals surface area (Å²) in [6, 6.07) is 0.306. The van der Waals surface area contributed by atoms with Gasteiger partial charge in [0.25, 0.3) is 0 Å². The number of hydrogen-bond acceptors (Lipinski definition) is 5. The van der Waals surface area contributed by atoms with Gasteiger partial charge in [0.2, 0.25) is 0 Å². The molecule has 0 aliphatic carbocycles. The van der Waals surface area contributed by atoms with Crippen molar-refractivity contribution in [3.63, 3.8) is 0 Å². The summed E-state index contributed by atoms with van der Waals surface area (Å²) >= 11 is 1.22. The molecule has 6 heteroatoms. The molecule has 2 rings (SSSR count). The number of aromatic nitrogens is 2. The maximum atomic E-state index is 11.3. The Bertz CT molecular complexity index is 637. The van der Waals surface area contributed by atoms with E-state index in [1.54, 1.807) is 0 Å². The molecule has 1 N–H and O–H groups in total. The van der Waals surface area contributed by atoms with Gasteiger partial charge in [0.1, 0.15) is 21.9 Å².